The van der Waals surface area contributed by atoms with Crippen LogP contribution in [-0.2, 0) is 0 Å². The number of oxazole rings is 1. The summed E-state index contributed by atoms with van der Waals surface area (Å²) in [6.07, 6.45) is 4.98. The van der Waals surface area contributed by atoms with Gasteiger partial charge in [0.05, 0.1) is 17.0 Å². The Morgan fingerprint density at radius 1 is 1.38 bits per heavy atom. The predicted octanol–water partition coefficient (Wildman–Crippen LogP) is 2.98. The van der Waals surface area contributed by atoms with E-state index in [2.05, 4.69) is 12.2 Å². The second-order valence-corrected chi connectivity index (χ2v) is 5.95. The predicted molar refractivity (Wildman–Crippen MR) is 65.7 cm³/mol. The number of hydrogen-bond acceptors (Lipinski definition) is 4. The van der Waals surface area contributed by atoms with Crippen LogP contribution in [0.2, 0.25) is 0 Å². The van der Waals surface area contributed by atoms with Gasteiger partial charge in [-0.05, 0) is 44.9 Å². The fraction of sp³-hybridized carbons (Fsp3) is 0.750. The van der Waals surface area contributed by atoms with E-state index in [-0.39, 0.29) is 0 Å². The van der Waals surface area contributed by atoms with Gasteiger partial charge >= 0.3 is 0 Å². The second kappa shape index (κ2) is 4.41. The highest BCUT2D eigenvalue weighted by Crippen LogP contribution is 2.41. The van der Waals surface area contributed by atoms with Crippen molar-refractivity contribution in [3.8, 4) is 0 Å². The fourth-order valence-electron chi connectivity index (χ4n) is 2.57. The molecule has 88 valence electrons. The van der Waals surface area contributed by atoms with Crippen LogP contribution >= 0.6 is 11.8 Å². The maximum atomic E-state index is 5.82. The lowest BCUT2D eigenvalue weighted by Gasteiger charge is -2.04. The van der Waals surface area contributed by atoms with Gasteiger partial charge in [0.15, 0.2) is 0 Å². The number of aromatic nitrogens is 1. The van der Waals surface area contributed by atoms with Crippen molar-refractivity contribution in [2.45, 2.75) is 43.9 Å². The topological polar surface area (TPSA) is 38.1 Å². The van der Waals surface area contributed by atoms with Crippen LogP contribution in [0.4, 0.5) is 0 Å². The van der Waals surface area contributed by atoms with Gasteiger partial charge in [-0.2, -0.15) is 11.8 Å². The fourth-order valence-corrected chi connectivity index (χ4v) is 3.89. The molecule has 2 aliphatic heterocycles. The van der Waals surface area contributed by atoms with Crippen molar-refractivity contribution >= 4 is 11.8 Å². The van der Waals surface area contributed by atoms with Crippen molar-refractivity contribution in [1.29, 1.82) is 0 Å². The van der Waals surface area contributed by atoms with Crippen LogP contribution in [0.15, 0.2) is 4.42 Å². The molecule has 0 bridgehead atoms. The van der Waals surface area contributed by atoms with Gasteiger partial charge in [-0.25, -0.2) is 4.98 Å². The van der Waals surface area contributed by atoms with E-state index in [0.29, 0.717) is 11.3 Å². The van der Waals surface area contributed by atoms with Gasteiger partial charge in [-0.3, -0.25) is 0 Å². The zero-order valence-electron chi connectivity index (χ0n) is 9.66. The third-order valence-corrected chi connectivity index (χ3v) is 4.83. The Bertz CT molecular complexity index is 365. The van der Waals surface area contributed by atoms with E-state index < -0.39 is 0 Å². The number of aryl methyl sites for hydroxylation is 1. The molecule has 3 rings (SSSR count). The Kier molecular flexibility index (Phi) is 2.94. The third kappa shape index (κ3) is 1.89. The SMILES string of the molecule is Cc1oc(C2CCCN2)nc1C1CCCS1. The van der Waals surface area contributed by atoms with Crippen LogP contribution in [0.25, 0.3) is 0 Å². The number of thioether (sulfide) groups is 1. The zero-order valence-corrected chi connectivity index (χ0v) is 10.5. The summed E-state index contributed by atoms with van der Waals surface area (Å²) >= 11 is 2.02. The molecular weight excluding hydrogens is 220 g/mol. The van der Waals surface area contributed by atoms with Crippen molar-refractivity contribution in [2.75, 3.05) is 12.3 Å². The molecule has 3 heterocycles. The Hall–Kier alpha value is -0.480. The molecule has 0 amide bonds. The minimum Gasteiger partial charge on any atom is -0.444 e. The largest absolute Gasteiger partial charge is 0.444 e. The van der Waals surface area contributed by atoms with E-state index in [9.17, 15) is 0 Å². The number of hydrogen-bond donors (Lipinski definition) is 1. The molecule has 0 saturated carbocycles. The molecule has 2 saturated heterocycles. The molecular formula is C12H18N2OS. The van der Waals surface area contributed by atoms with E-state index in [4.69, 9.17) is 9.40 Å². The minimum absolute atomic E-state index is 0.360. The van der Waals surface area contributed by atoms with Crippen LogP contribution in [0.5, 0.6) is 0 Å². The molecule has 2 unspecified atom stereocenters. The highest BCUT2D eigenvalue weighted by Gasteiger charge is 2.27. The molecule has 1 aromatic heterocycles. The monoisotopic (exact) mass is 238 g/mol. The molecule has 1 aromatic rings. The Labute approximate surface area is 100 Å². The highest BCUT2D eigenvalue weighted by atomic mass is 32.2. The van der Waals surface area contributed by atoms with Gasteiger partial charge in [0.1, 0.15) is 5.76 Å². The average molecular weight is 238 g/mol. The lowest BCUT2D eigenvalue weighted by atomic mass is 10.2. The summed E-state index contributed by atoms with van der Waals surface area (Å²) < 4.78 is 5.82. The van der Waals surface area contributed by atoms with Gasteiger partial charge in [-0.1, -0.05) is 0 Å². The first-order valence-corrected chi connectivity index (χ1v) is 7.21. The number of rotatable bonds is 2. The normalized spacial score (nSPS) is 30.1. The summed E-state index contributed by atoms with van der Waals surface area (Å²) in [5, 5.41) is 4.02. The van der Waals surface area contributed by atoms with Gasteiger partial charge in [0.25, 0.3) is 0 Å². The molecule has 0 radical (unpaired) electrons. The van der Waals surface area contributed by atoms with Crippen molar-refractivity contribution in [3.63, 3.8) is 0 Å². The molecule has 1 N–H and O–H groups in total. The van der Waals surface area contributed by atoms with Crippen LogP contribution < -0.4 is 5.32 Å². The molecule has 0 aromatic carbocycles. The van der Waals surface area contributed by atoms with Crippen LogP contribution in [0.1, 0.15) is 54.3 Å². The highest BCUT2D eigenvalue weighted by molar-refractivity contribution is 7.99. The molecule has 16 heavy (non-hydrogen) atoms. The Morgan fingerprint density at radius 2 is 2.31 bits per heavy atom. The summed E-state index contributed by atoms with van der Waals surface area (Å²) in [7, 11) is 0. The van der Waals surface area contributed by atoms with Crippen molar-refractivity contribution in [2.24, 2.45) is 0 Å². The molecule has 3 nitrogen and oxygen atoms in total. The van der Waals surface area contributed by atoms with Crippen molar-refractivity contribution in [1.82, 2.24) is 10.3 Å². The first kappa shape index (κ1) is 10.7. The van der Waals surface area contributed by atoms with E-state index in [1.165, 1.54) is 30.7 Å². The lowest BCUT2D eigenvalue weighted by Crippen LogP contribution is -2.13. The molecule has 2 fully saturated rings. The molecule has 2 aliphatic rings. The quantitative estimate of drug-likeness (QED) is 0.859. The smallest absolute Gasteiger partial charge is 0.211 e. The Morgan fingerprint density at radius 3 is 3.00 bits per heavy atom. The first-order chi connectivity index (χ1) is 7.84. The van der Waals surface area contributed by atoms with Gasteiger partial charge in [0, 0.05) is 0 Å². The summed E-state index contributed by atoms with van der Waals surface area (Å²) in [6.45, 7) is 3.15. The number of nitrogens with zero attached hydrogens (tertiary/aromatic N) is 1. The van der Waals surface area contributed by atoms with Crippen molar-refractivity contribution < 1.29 is 4.42 Å². The second-order valence-electron chi connectivity index (χ2n) is 4.64. The molecule has 2 atom stereocenters. The van der Waals surface area contributed by atoms with Gasteiger partial charge in [0.2, 0.25) is 5.89 Å². The zero-order chi connectivity index (χ0) is 11.0. The average Bonchev–Trinajstić information content (AvgIpc) is 2.97. The van der Waals surface area contributed by atoms with E-state index in [1.807, 2.05) is 11.8 Å². The molecule has 0 aliphatic carbocycles. The number of nitrogens with one attached hydrogen (secondary N) is 1. The summed E-state index contributed by atoms with van der Waals surface area (Å²) in [5.74, 6) is 3.22. The standard InChI is InChI=1S/C12H18N2OS/c1-8-11(10-5-3-7-16-10)14-12(15-8)9-4-2-6-13-9/h9-10,13H,2-7H2,1H3. The van der Waals surface area contributed by atoms with Crippen molar-refractivity contribution in [3.05, 3.63) is 17.3 Å². The van der Waals surface area contributed by atoms with Crippen LogP contribution in [0, 0.1) is 6.92 Å². The van der Waals surface area contributed by atoms with Crippen LogP contribution in [-0.4, -0.2) is 17.3 Å². The van der Waals surface area contributed by atoms with E-state index in [0.717, 1.165) is 24.6 Å². The van der Waals surface area contributed by atoms with E-state index >= 15 is 0 Å². The van der Waals surface area contributed by atoms with Crippen LogP contribution in [0.3, 0.4) is 0 Å². The Balaban J connectivity index is 1.83. The first-order valence-electron chi connectivity index (χ1n) is 6.17. The van der Waals surface area contributed by atoms with Gasteiger partial charge < -0.3 is 9.73 Å². The third-order valence-electron chi connectivity index (χ3n) is 3.44. The summed E-state index contributed by atoms with van der Waals surface area (Å²) in [4.78, 5) is 4.72. The van der Waals surface area contributed by atoms with Gasteiger partial charge in [-0.15, -0.1) is 0 Å². The molecule has 4 heteroatoms. The maximum absolute atomic E-state index is 5.82. The maximum Gasteiger partial charge on any atom is 0.211 e. The molecule has 0 spiro atoms. The summed E-state index contributed by atoms with van der Waals surface area (Å²) in [5.41, 5.74) is 1.20. The van der Waals surface area contributed by atoms with E-state index in [1.54, 1.807) is 0 Å². The minimum atomic E-state index is 0.360. The lowest BCUT2D eigenvalue weighted by molar-refractivity contribution is 0.414. The summed E-state index contributed by atoms with van der Waals surface area (Å²) in [6, 6.07) is 0.360.